The summed E-state index contributed by atoms with van der Waals surface area (Å²) in [4.78, 5) is 11.3. The first-order valence-electron chi connectivity index (χ1n) is 4.86. The molecule has 76 valence electrons. The van der Waals surface area contributed by atoms with E-state index in [1.807, 2.05) is 19.1 Å². The molecule has 0 amide bonds. The fourth-order valence-corrected chi connectivity index (χ4v) is 2.00. The van der Waals surface area contributed by atoms with Crippen LogP contribution in [0.4, 0.5) is 0 Å². The number of benzene rings is 1. The Morgan fingerprint density at radius 1 is 1.43 bits per heavy atom. The van der Waals surface area contributed by atoms with Crippen LogP contribution in [-0.4, -0.2) is 5.12 Å². The second-order valence-corrected chi connectivity index (χ2v) is 4.03. The molecule has 0 aromatic heterocycles. The normalized spacial score (nSPS) is 12.6. The Morgan fingerprint density at radius 2 is 2.07 bits per heavy atom. The average Bonchev–Trinajstić information content (AvgIpc) is 2.13. The molecule has 0 aliphatic rings. The molecule has 2 heteroatoms. The van der Waals surface area contributed by atoms with E-state index in [4.69, 9.17) is 0 Å². The van der Waals surface area contributed by atoms with Gasteiger partial charge in [-0.3, -0.25) is 4.79 Å². The van der Waals surface area contributed by atoms with Crippen molar-refractivity contribution in [2.75, 3.05) is 0 Å². The van der Waals surface area contributed by atoms with E-state index >= 15 is 0 Å². The highest BCUT2D eigenvalue weighted by Crippen LogP contribution is 2.26. The van der Waals surface area contributed by atoms with Gasteiger partial charge < -0.3 is 0 Å². The van der Waals surface area contributed by atoms with Gasteiger partial charge >= 0.3 is 0 Å². The van der Waals surface area contributed by atoms with Gasteiger partial charge in [0.15, 0.2) is 5.12 Å². The number of hydrogen-bond acceptors (Lipinski definition) is 1. The van der Waals surface area contributed by atoms with Crippen LogP contribution in [0, 0.1) is 13.8 Å². The smallest absolute Gasteiger partial charge is 0.193 e. The lowest BCUT2D eigenvalue weighted by molar-refractivity contribution is -0.112. The van der Waals surface area contributed by atoms with Crippen LogP contribution in [0.25, 0.3) is 0 Å². The van der Waals surface area contributed by atoms with Crippen molar-refractivity contribution in [1.82, 2.24) is 0 Å². The molecular formula is C12H16OS. The molecule has 1 aromatic rings. The van der Waals surface area contributed by atoms with Crippen molar-refractivity contribution >= 4 is 17.7 Å². The Bertz CT molecular complexity index is 344. The van der Waals surface area contributed by atoms with Crippen LogP contribution in [0.2, 0.25) is 0 Å². The molecule has 1 nitrogen and oxygen atoms in total. The van der Waals surface area contributed by atoms with Crippen LogP contribution in [0.5, 0.6) is 0 Å². The van der Waals surface area contributed by atoms with Crippen molar-refractivity contribution in [2.45, 2.75) is 33.1 Å². The maximum atomic E-state index is 11.3. The van der Waals surface area contributed by atoms with Crippen molar-refractivity contribution in [1.29, 1.82) is 0 Å². The summed E-state index contributed by atoms with van der Waals surface area (Å²) in [6.45, 7) is 6.14. The van der Waals surface area contributed by atoms with Gasteiger partial charge in [0.25, 0.3) is 0 Å². The van der Waals surface area contributed by atoms with Crippen molar-refractivity contribution in [2.24, 2.45) is 0 Å². The predicted molar refractivity (Wildman–Crippen MR) is 62.9 cm³/mol. The van der Waals surface area contributed by atoms with E-state index in [9.17, 15) is 4.79 Å². The summed E-state index contributed by atoms with van der Waals surface area (Å²) in [7, 11) is 0. The topological polar surface area (TPSA) is 17.1 Å². The van der Waals surface area contributed by atoms with Crippen LogP contribution in [0.3, 0.4) is 0 Å². The van der Waals surface area contributed by atoms with Gasteiger partial charge in [0.1, 0.15) is 0 Å². The van der Waals surface area contributed by atoms with Gasteiger partial charge in [-0.1, -0.05) is 25.1 Å². The molecule has 0 spiro atoms. The summed E-state index contributed by atoms with van der Waals surface area (Å²) in [5, 5.41) is -0.0406. The molecule has 0 fully saturated rings. The summed E-state index contributed by atoms with van der Waals surface area (Å²) in [5.74, 6) is -0.0572. The SMILES string of the molecule is CCC(C(=O)S)c1cccc(C)c1C. The minimum absolute atomic E-state index is 0.0406. The maximum Gasteiger partial charge on any atom is 0.193 e. The van der Waals surface area contributed by atoms with Crippen LogP contribution in [0.1, 0.15) is 36.0 Å². The second-order valence-electron chi connectivity index (χ2n) is 3.59. The van der Waals surface area contributed by atoms with E-state index in [1.54, 1.807) is 0 Å². The van der Waals surface area contributed by atoms with Gasteiger partial charge in [0.2, 0.25) is 0 Å². The van der Waals surface area contributed by atoms with E-state index < -0.39 is 0 Å². The third-order valence-electron chi connectivity index (χ3n) is 2.73. The second kappa shape index (κ2) is 4.65. The molecule has 1 aromatic carbocycles. The molecule has 0 heterocycles. The van der Waals surface area contributed by atoms with Crippen LogP contribution in [0.15, 0.2) is 18.2 Å². The molecule has 0 saturated heterocycles. The average molecular weight is 208 g/mol. The zero-order valence-corrected chi connectivity index (χ0v) is 9.77. The first-order valence-corrected chi connectivity index (χ1v) is 5.31. The monoisotopic (exact) mass is 208 g/mol. The van der Waals surface area contributed by atoms with E-state index in [1.165, 1.54) is 11.1 Å². The van der Waals surface area contributed by atoms with Crippen LogP contribution < -0.4 is 0 Å². The van der Waals surface area contributed by atoms with Gasteiger partial charge in [-0.2, -0.15) is 0 Å². The fraction of sp³-hybridized carbons (Fsp3) is 0.417. The summed E-state index contributed by atoms with van der Waals surface area (Å²) in [6, 6.07) is 6.08. The molecule has 0 aliphatic heterocycles. The third kappa shape index (κ3) is 2.18. The zero-order chi connectivity index (χ0) is 10.7. The fourth-order valence-electron chi connectivity index (χ4n) is 1.68. The minimum Gasteiger partial charge on any atom is -0.287 e. The van der Waals surface area contributed by atoms with E-state index in [0.717, 1.165) is 12.0 Å². The van der Waals surface area contributed by atoms with Crippen molar-refractivity contribution in [3.63, 3.8) is 0 Å². The molecule has 14 heavy (non-hydrogen) atoms. The number of rotatable bonds is 3. The lowest BCUT2D eigenvalue weighted by Gasteiger charge is -2.15. The van der Waals surface area contributed by atoms with E-state index in [0.29, 0.717) is 0 Å². The van der Waals surface area contributed by atoms with Gasteiger partial charge in [0, 0.05) is 0 Å². The molecule has 1 unspecified atom stereocenters. The molecule has 0 N–H and O–H groups in total. The Hall–Kier alpha value is -0.760. The number of aryl methyl sites for hydroxylation is 1. The molecule has 0 saturated carbocycles. The van der Waals surface area contributed by atoms with Crippen LogP contribution >= 0.6 is 12.6 Å². The first kappa shape index (κ1) is 11.3. The Balaban J connectivity index is 3.16. The van der Waals surface area contributed by atoms with Gasteiger partial charge in [-0.05, 0) is 37.0 Å². The highest BCUT2D eigenvalue weighted by Gasteiger charge is 2.17. The Morgan fingerprint density at radius 3 is 2.57 bits per heavy atom. The minimum atomic E-state index is -0.0572. The lowest BCUT2D eigenvalue weighted by Crippen LogP contribution is -2.07. The molecule has 0 aliphatic carbocycles. The number of carbonyl (C=O) groups excluding carboxylic acids is 1. The van der Waals surface area contributed by atoms with Crippen molar-refractivity contribution in [3.05, 3.63) is 34.9 Å². The summed E-state index contributed by atoms with van der Waals surface area (Å²) >= 11 is 3.93. The van der Waals surface area contributed by atoms with Crippen molar-refractivity contribution in [3.8, 4) is 0 Å². The summed E-state index contributed by atoms with van der Waals surface area (Å²) in [5.41, 5.74) is 3.56. The summed E-state index contributed by atoms with van der Waals surface area (Å²) < 4.78 is 0. The third-order valence-corrected chi connectivity index (χ3v) is 3.04. The Labute approximate surface area is 90.9 Å². The first-order chi connectivity index (χ1) is 6.57. The molecule has 0 radical (unpaired) electrons. The zero-order valence-electron chi connectivity index (χ0n) is 8.87. The van der Waals surface area contributed by atoms with Gasteiger partial charge in [0.05, 0.1) is 5.92 Å². The molecule has 0 bridgehead atoms. The number of thiol groups is 1. The highest BCUT2D eigenvalue weighted by molar-refractivity contribution is 7.96. The largest absolute Gasteiger partial charge is 0.287 e. The number of carbonyl (C=O) groups is 1. The van der Waals surface area contributed by atoms with Gasteiger partial charge in [-0.15, -0.1) is 12.6 Å². The predicted octanol–water partition coefficient (Wildman–Crippen LogP) is 3.25. The molecule has 1 atom stereocenters. The molecular weight excluding hydrogens is 192 g/mol. The van der Waals surface area contributed by atoms with Gasteiger partial charge in [-0.25, -0.2) is 0 Å². The standard InChI is InChI=1S/C12H16OS/c1-4-10(12(13)14)11-7-5-6-8(2)9(11)3/h5-7,10H,4H2,1-3H3,(H,13,14). The highest BCUT2D eigenvalue weighted by atomic mass is 32.1. The van der Waals surface area contributed by atoms with E-state index in [-0.39, 0.29) is 11.0 Å². The number of hydrogen-bond donors (Lipinski definition) is 1. The maximum absolute atomic E-state index is 11.3. The van der Waals surface area contributed by atoms with E-state index in [2.05, 4.69) is 32.5 Å². The molecule has 1 rings (SSSR count). The lowest BCUT2D eigenvalue weighted by atomic mass is 9.91. The quantitative estimate of drug-likeness (QED) is 0.754. The Kier molecular flexibility index (Phi) is 3.76. The summed E-state index contributed by atoms with van der Waals surface area (Å²) in [6.07, 6.45) is 0.812. The van der Waals surface area contributed by atoms with Crippen LogP contribution in [-0.2, 0) is 4.79 Å². The van der Waals surface area contributed by atoms with Crippen molar-refractivity contribution < 1.29 is 4.79 Å².